The van der Waals surface area contributed by atoms with Crippen LogP contribution in [0, 0.1) is 13.8 Å². The molecule has 0 aliphatic carbocycles. The van der Waals surface area contributed by atoms with Crippen LogP contribution in [0.25, 0.3) is 10.2 Å². The molecule has 3 rings (SSSR count). The van der Waals surface area contributed by atoms with E-state index in [0.717, 1.165) is 38.0 Å². The van der Waals surface area contributed by atoms with E-state index in [1.165, 1.54) is 16.9 Å². The van der Waals surface area contributed by atoms with Crippen LogP contribution >= 0.6 is 27.3 Å². The minimum absolute atomic E-state index is 0.0443. The van der Waals surface area contributed by atoms with E-state index in [-0.39, 0.29) is 12.5 Å². The lowest BCUT2D eigenvalue weighted by molar-refractivity contribution is -0.118. The number of aryl methyl sites for hydroxylation is 2. The van der Waals surface area contributed by atoms with Crippen LogP contribution in [0.3, 0.4) is 0 Å². The number of aromatic nitrogens is 1. The lowest BCUT2D eigenvalue weighted by Crippen LogP contribution is -2.20. The summed E-state index contributed by atoms with van der Waals surface area (Å²) in [7, 11) is 0. The van der Waals surface area contributed by atoms with Crippen LogP contribution in [0.5, 0.6) is 5.75 Å². The molecule has 6 heteroatoms. The van der Waals surface area contributed by atoms with E-state index < -0.39 is 0 Å². The topological polar surface area (TPSA) is 51.2 Å². The fourth-order valence-corrected chi connectivity index (χ4v) is 4.57. The number of nitrogens with zero attached hydrogens (tertiary/aromatic N) is 1. The first-order chi connectivity index (χ1) is 12.9. The maximum atomic E-state index is 12.3. The number of fused-ring (bicyclic) bond motifs is 1. The summed E-state index contributed by atoms with van der Waals surface area (Å²) >= 11 is 4.96. The molecular weight excluding hydrogens is 424 g/mol. The van der Waals surface area contributed by atoms with Crippen LogP contribution in [0.1, 0.15) is 42.9 Å². The highest BCUT2D eigenvalue weighted by atomic mass is 79.9. The number of hydrogen-bond donors (Lipinski definition) is 1. The number of halogens is 1. The van der Waals surface area contributed by atoms with E-state index in [1.54, 1.807) is 0 Å². The Hall–Kier alpha value is -1.92. The highest BCUT2D eigenvalue weighted by Crippen LogP contribution is 2.30. The third-order valence-electron chi connectivity index (χ3n) is 4.61. The quantitative estimate of drug-likeness (QED) is 0.489. The largest absolute Gasteiger partial charge is 0.483 e. The van der Waals surface area contributed by atoms with Crippen molar-refractivity contribution in [3.05, 3.63) is 51.5 Å². The van der Waals surface area contributed by atoms with Crippen molar-refractivity contribution in [2.24, 2.45) is 0 Å². The Morgan fingerprint density at radius 1 is 1.26 bits per heavy atom. The van der Waals surface area contributed by atoms with Crippen molar-refractivity contribution >= 4 is 48.5 Å². The molecule has 0 radical (unpaired) electrons. The first-order valence-corrected chi connectivity index (χ1v) is 10.6. The molecule has 0 fully saturated rings. The Morgan fingerprint density at radius 2 is 1.96 bits per heavy atom. The maximum absolute atomic E-state index is 12.3. The van der Waals surface area contributed by atoms with Gasteiger partial charge < -0.3 is 4.74 Å². The van der Waals surface area contributed by atoms with E-state index in [0.29, 0.717) is 11.0 Å². The molecule has 0 aliphatic heterocycles. The van der Waals surface area contributed by atoms with Gasteiger partial charge in [-0.25, -0.2) is 4.98 Å². The number of amides is 1. The number of carbonyl (C=O) groups is 1. The number of ether oxygens (including phenoxy) is 1. The number of nitrogens with one attached hydrogen (secondary N) is 1. The molecule has 1 atom stereocenters. The van der Waals surface area contributed by atoms with Gasteiger partial charge in [-0.2, -0.15) is 0 Å². The van der Waals surface area contributed by atoms with Crippen LogP contribution < -0.4 is 10.1 Å². The van der Waals surface area contributed by atoms with Crippen LogP contribution in [0.4, 0.5) is 5.13 Å². The fraction of sp³-hybridized carbons (Fsp3) is 0.333. The monoisotopic (exact) mass is 446 g/mol. The Balaban J connectivity index is 1.67. The van der Waals surface area contributed by atoms with Crippen molar-refractivity contribution in [2.75, 3.05) is 11.9 Å². The van der Waals surface area contributed by atoms with Gasteiger partial charge in [-0.1, -0.05) is 47.2 Å². The second kappa shape index (κ2) is 8.40. The molecule has 0 aliphatic rings. The number of thiazole rings is 1. The minimum atomic E-state index is -0.210. The third kappa shape index (κ3) is 4.68. The van der Waals surface area contributed by atoms with E-state index >= 15 is 0 Å². The SMILES string of the molecule is CCC(C)c1ccc2nc(NC(=O)COc3c(C)cc(Br)cc3C)sc2c1. The van der Waals surface area contributed by atoms with Crippen molar-refractivity contribution in [3.8, 4) is 5.75 Å². The van der Waals surface area contributed by atoms with Gasteiger partial charge in [0.05, 0.1) is 10.2 Å². The standard InChI is InChI=1S/C21H23BrN2O2S/c1-5-12(2)15-6-7-17-18(10-15)27-21(23-17)24-19(25)11-26-20-13(3)8-16(22)9-14(20)4/h6-10,12H,5,11H2,1-4H3,(H,23,24,25). The van der Waals surface area contributed by atoms with Gasteiger partial charge in [0.1, 0.15) is 5.75 Å². The molecule has 4 nitrogen and oxygen atoms in total. The molecule has 1 heterocycles. The molecule has 1 unspecified atom stereocenters. The summed E-state index contributed by atoms with van der Waals surface area (Å²) in [6, 6.07) is 10.3. The number of rotatable bonds is 6. The average molecular weight is 447 g/mol. The van der Waals surface area contributed by atoms with Gasteiger partial charge in [0.2, 0.25) is 0 Å². The minimum Gasteiger partial charge on any atom is -0.483 e. The number of anilines is 1. The van der Waals surface area contributed by atoms with E-state index in [1.807, 2.05) is 32.0 Å². The molecule has 1 aromatic heterocycles. The second-order valence-electron chi connectivity index (χ2n) is 6.76. The van der Waals surface area contributed by atoms with Crippen molar-refractivity contribution in [1.82, 2.24) is 4.98 Å². The summed E-state index contributed by atoms with van der Waals surface area (Å²) in [5.74, 6) is 1.05. The number of carbonyl (C=O) groups excluding carboxylic acids is 1. The summed E-state index contributed by atoms with van der Waals surface area (Å²) in [6.07, 6.45) is 1.10. The van der Waals surface area contributed by atoms with Gasteiger partial charge in [0.25, 0.3) is 5.91 Å². The molecule has 1 amide bonds. The van der Waals surface area contributed by atoms with Gasteiger partial charge in [0, 0.05) is 4.47 Å². The summed E-state index contributed by atoms with van der Waals surface area (Å²) < 4.78 is 7.83. The summed E-state index contributed by atoms with van der Waals surface area (Å²) in [4.78, 5) is 16.8. The van der Waals surface area contributed by atoms with Crippen LogP contribution in [-0.2, 0) is 4.79 Å². The van der Waals surface area contributed by atoms with Crippen LogP contribution in [0.15, 0.2) is 34.8 Å². The molecule has 142 valence electrons. The first-order valence-electron chi connectivity index (χ1n) is 8.97. The molecule has 2 aromatic carbocycles. The maximum Gasteiger partial charge on any atom is 0.264 e. The highest BCUT2D eigenvalue weighted by Gasteiger charge is 2.12. The van der Waals surface area contributed by atoms with E-state index in [4.69, 9.17) is 4.74 Å². The van der Waals surface area contributed by atoms with Gasteiger partial charge in [0.15, 0.2) is 11.7 Å². The van der Waals surface area contributed by atoms with Gasteiger partial charge >= 0.3 is 0 Å². The lowest BCUT2D eigenvalue weighted by atomic mass is 9.99. The zero-order chi connectivity index (χ0) is 19.6. The average Bonchev–Trinajstić information content (AvgIpc) is 3.01. The van der Waals surface area contributed by atoms with Crippen LogP contribution in [0.2, 0.25) is 0 Å². The predicted molar refractivity (Wildman–Crippen MR) is 116 cm³/mol. The number of benzene rings is 2. The Morgan fingerprint density at radius 3 is 2.63 bits per heavy atom. The summed E-state index contributed by atoms with van der Waals surface area (Å²) in [6.45, 7) is 8.29. The van der Waals surface area contributed by atoms with Crippen molar-refractivity contribution in [3.63, 3.8) is 0 Å². The normalized spacial score (nSPS) is 12.2. The smallest absolute Gasteiger partial charge is 0.264 e. The molecular formula is C21H23BrN2O2S. The summed E-state index contributed by atoms with van der Waals surface area (Å²) in [5.41, 5.74) is 4.19. The molecule has 3 aromatic rings. The Bertz CT molecular complexity index is 960. The second-order valence-corrected chi connectivity index (χ2v) is 8.71. The first kappa shape index (κ1) is 19.8. The zero-order valence-corrected chi connectivity index (χ0v) is 18.3. The molecule has 1 N–H and O–H groups in total. The highest BCUT2D eigenvalue weighted by molar-refractivity contribution is 9.10. The van der Waals surface area contributed by atoms with Crippen molar-refractivity contribution in [2.45, 2.75) is 40.0 Å². The number of hydrogen-bond acceptors (Lipinski definition) is 4. The molecule has 0 spiro atoms. The molecule has 0 bridgehead atoms. The zero-order valence-electron chi connectivity index (χ0n) is 15.9. The lowest BCUT2D eigenvalue weighted by Gasteiger charge is -2.12. The molecule has 0 saturated heterocycles. The molecule has 27 heavy (non-hydrogen) atoms. The van der Waals surface area contributed by atoms with Gasteiger partial charge in [-0.3, -0.25) is 10.1 Å². The summed E-state index contributed by atoms with van der Waals surface area (Å²) in [5, 5.41) is 3.45. The van der Waals surface area contributed by atoms with Gasteiger partial charge in [-0.15, -0.1) is 0 Å². The van der Waals surface area contributed by atoms with Crippen LogP contribution in [-0.4, -0.2) is 17.5 Å². The van der Waals surface area contributed by atoms with E-state index in [9.17, 15) is 4.79 Å². The predicted octanol–water partition coefficient (Wildman–Crippen LogP) is 6.21. The van der Waals surface area contributed by atoms with Crippen molar-refractivity contribution in [1.29, 1.82) is 0 Å². The van der Waals surface area contributed by atoms with Gasteiger partial charge in [-0.05, 0) is 67.1 Å². The molecule has 0 saturated carbocycles. The third-order valence-corrected chi connectivity index (χ3v) is 6.00. The fourth-order valence-electron chi connectivity index (χ4n) is 2.96. The van der Waals surface area contributed by atoms with E-state index in [2.05, 4.69) is 52.2 Å². The Kier molecular flexibility index (Phi) is 6.17. The Labute approximate surface area is 172 Å². The van der Waals surface area contributed by atoms with Crippen molar-refractivity contribution < 1.29 is 9.53 Å².